The molecule has 2 heterocycles. The number of hydrogen-bond donors (Lipinski definition) is 2. The largest absolute Gasteiger partial charge is 0.325 e. The molecular weight excluding hydrogens is 462 g/mol. The number of carbonyl (C=O) groups excluding carboxylic acids is 1. The van der Waals surface area contributed by atoms with Crippen LogP contribution >= 0.6 is 0 Å². The van der Waals surface area contributed by atoms with Gasteiger partial charge in [0.25, 0.3) is 0 Å². The number of rotatable bonds is 6. The molecule has 9 heteroatoms. The number of anilines is 1. The number of fused-ring (bicyclic) bond motifs is 1. The molecule has 0 radical (unpaired) electrons. The van der Waals surface area contributed by atoms with Gasteiger partial charge in [-0.05, 0) is 67.1 Å². The summed E-state index contributed by atoms with van der Waals surface area (Å²) in [5, 5.41) is 11.5. The van der Waals surface area contributed by atoms with Gasteiger partial charge in [-0.3, -0.25) is 4.79 Å². The maximum atomic E-state index is 12.8. The summed E-state index contributed by atoms with van der Waals surface area (Å²) in [6.45, 7) is 8.63. The monoisotopic (exact) mass is 495 g/mol. The van der Waals surface area contributed by atoms with Crippen molar-refractivity contribution in [1.82, 2.24) is 19.5 Å². The normalized spacial score (nSPS) is 15.2. The first-order chi connectivity index (χ1) is 16.5. The lowest BCUT2D eigenvalue weighted by Crippen LogP contribution is -2.41. The van der Waals surface area contributed by atoms with Gasteiger partial charge < -0.3 is 9.88 Å². The van der Waals surface area contributed by atoms with Crippen molar-refractivity contribution in [3.8, 4) is 11.4 Å². The summed E-state index contributed by atoms with van der Waals surface area (Å²) in [7, 11) is -3.84. The molecule has 0 bridgehead atoms. The molecule has 0 unspecified atom stereocenters. The van der Waals surface area contributed by atoms with Crippen molar-refractivity contribution in [2.75, 3.05) is 5.32 Å². The number of nitrogens with zero attached hydrogens (tertiary/aromatic N) is 3. The average molecular weight is 496 g/mol. The van der Waals surface area contributed by atoms with Gasteiger partial charge in [0.05, 0.1) is 10.9 Å². The minimum atomic E-state index is -3.84. The van der Waals surface area contributed by atoms with Crippen LogP contribution < -0.4 is 10.0 Å². The number of hydrogen-bond acceptors (Lipinski definition) is 5. The van der Waals surface area contributed by atoms with Gasteiger partial charge in [-0.25, -0.2) is 8.42 Å². The van der Waals surface area contributed by atoms with Crippen LogP contribution in [0.4, 0.5) is 5.69 Å². The lowest BCUT2D eigenvalue weighted by molar-refractivity contribution is -0.117. The van der Waals surface area contributed by atoms with Crippen molar-refractivity contribution in [3.05, 3.63) is 59.9 Å². The molecule has 4 rings (SSSR count). The van der Waals surface area contributed by atoms with E-state index >= 15 is 0 Å². The molecule has 1 atom stereocenters. The fourth-order valence-corrected chi connectivity index (χ4v) is 5.34. The molecule has 3 aromatic rings. The van der Waals surface area contributed by atoms with Gasteiger partial charge >= 0.3 is 0 Å². The zero-order valence-corrected chi connectivity index (χ0v) is 21.5. The van der Waals surface area contributed by atoms with E-state index in [0.717, 1.165) is 48.6 Å². The van der Waals surface area contributed by atoms with Crippen LogP contribution in [-0.4, -0.2) is 35.1 Å². The Balaban J connectivity index is 1.40. The molecule has 8 nitrogen and oxygen atoms in total. The third-order valence-electron chi connectivity index (χ3n) is 6.28. The van der Waals surface area contributed by atoms with Crippen molar-refractivity contribution in [1.29, 1.82) is 0 Å². The number of aryl methyl sites for hydroxylation is 1. The highest BCUT2D eigenvalue weighted by atomic mass is 32.2. The van der Waals surface area contributed by atoms with Crippen molar-refractivity contribution < 1.29 is 13.2 Å². The number of aromatic nitrogens is 3. The second kappa shape index (κ2) is 9.91. The standard InChI is InChI=1S/C26H33N5O3S/c1-18(30-35(33,34)22-15-11-20(12-16-22)26(2,3)4)25(32)27-21-13-9-19(10-14-21)24-29-28-23-8-6-5-7-17-31(23)24/h9-16,18,30H,5-8,17H2,1-4H3,(H,27,32)/t18-/m1/s1. The summed E-state index contributed by atoms with van der Waals surface area (Å²) in [6.07, 6.45) is 4.38. The Bertz CT molecular complexity index is 1290. The van der Waals surface area contributed by atoms with Crippen LogP contribution in [0.2, 0.25) is 0 Å². The summed E-state index contributed by atoms with van der Waals surface area (Å²) >= 11 is 0. The lowest BCUT2D eigenvalue weighted by Gasteiger charge is -2.19. The van der Waals surface area contributed by atoms with E-state index in [-0.39, 0.29) is 10.3 Å². The molecule has 0 aliphatic carbocycles. The van der Waals surface area contributed by atoms with Gasteiger partial charge in [0, 0.05) is 24.2 Å². The topological polar surface area (TPSA) is 106 Å². The zero-order chi connectivity index (χ0) is 25.2. The van der Waals surface area contributed by atoms with Crippen molar-refractivity contribution >= 4 is 21.6 Å². The van der Waals surface area contributed by atoms with Crippen LogP contribution in [0, 0.1) is 0 Å². The molecule has 0 saturated heterocycles. The SMILES string of the molecule is C[C@@H](NS(=O)(=O)c1ccc(C(C)(C)C)cc1)C(=O)Nc1ccc(-c2nnc3n2CCCCC3)cc1. The maximum absolute atomic E-state index is 12.8. The Morgan fingerprint density at radius 2 is 1.66 bits per heavy atom. The molecule has 1 aliphatic rings. The number of nitrogens with one attached hydrogen (secondary N) is 2. The highest BCUT2D eigenvalue weighted by molar-refractivity contribution is 7.89. The molecule has 35 heavy (non-hydrogen) atoms. The van der Waals surface area contributed by atoms with Crippen LogP contribution in [0.25, 0.3) is 11.4 Å². The van der Waals surface area contributed by atoms with Crippen LogP contribution in [0.1, 0.15) is 58.3 Å². The zero-order valence-electron chi connectivity index (χ0n) is 20.7. The van der Waals surface area contributed by atoms with Gasteiger partial charge in [-0.15, -0.1) is 10.2 Å². The number of sulfonamides is 1. The predicted octanol–water partition coefficient (Wildman–Crippen LogP) is 4.27. The quantitative estimate of drug-likeness (QED) is 0.531. The van der Waals surface area contributed by atoms with Gasteiger partial charge in [-0.2, -0.15) is 4.72 Å². The minimum Gasteiger partial charge on any atom is -0.325 e. The lowest BCUT2D eigenvalue weighted by atomic mass is 9.87. The average Bonchev–Trinajstić information content (AvgIpc) is 3.06. The molecule has 1 aromatic heterocycles. The number of amides is 1. The first-order valence-corrected chi connectivity index (χ1v) is 13.5. The highest BCUT2D eigenvalue weighted by Gasteiger charge is 2.23. The van der Waals surface area contributed by atoms with E-state index in [0.29, 0.717) is 5.69 Å². The molecular formula is C26H33N5O3S. The first-order valence-electron chi connectivity index (χ1n) is 12.0. The van der Waals surface area contributed by atoms with Gasteiger partial charge in [-0.1, -0.05) is 39.3 Å². The van der Waals surface area contributed by atoms with Crippen LogP contribution in [0.15, 0.2) is 53.4 Å². The van der Waals surface area contributed by atoms with Gasteiger partial charge in [0.15, 0.2) is 5.82 Å². The van der Waals surface area contributed by atoms with Crippen molar-refractivity contribution in [2.45, 2.75) is 76.3 Å². The summed E-state index contributed by atoms with van der Waals surface area (Å²) < 4.78 is 30.2. The summed E-state index contributed by atoms with van der Waals surface area (Å²) in [6, 6.07) is 13.1. The summed E-state index contributed by atoms with van der Waals surface area (Å²) in [5.74, 6) is 1.41. The van der Waals surface area contributed by atoms with E-state index in [1.165, 1.54) is 13.3 Å². The fourth-order valence-electron chi connectivity index (χ4n) is 4.14. The Morgan fingerprint density at radius 1 is 0.971 bits per heavy atom. The molecule has 186 valence electrons. The summed E-state index contributed by atoms with van der Waals surface area (Å²) in [5.41, 5.74) is 2.46. The van der Waals surface area contributed by atoms with E-state index < -0.39 is 22.0 Å². The van der Waals surface area contributed by atoms with Gasteiger partial charge in [0.2, 0.25) is 15.9 Å². The van der Waals surface area contributed by atoms with E-state index in [4.69, 9.17) is 0 Å². The minimum absolute atomic E-state index is 0.0782. The molecule has 0 spiro atoms. The van der Waals surface area contributed by atoms with Crippen LogP contribution in [-0.2, 0) is 33.2 Å². The Kier molecular flexibility index (Phi) is 7.10. The highest BCUT2D eigenvalue weighted by Crippen LogP contribution is 2.25. The molecule has 0 saturated carbocycles. The predicted molar refractivity (Wildman–Crippen MR) is 137 cm³/mol. The van der Waals surface area contributed by atoms with E-state index in [9.17, 15) is 13.2 Å². The molecule has 1 aliphatic heterocycles. The Hall–Kier alpha value is -3.04. The smallest absolute Gasteiger partial charge is 0.242 e. The fraction of sp³-hybridized carbons (Fsp3) is 0.423. The third kappa shape index (κ3) is 5.79. The van der Waals surface area contributed by atoms with Crippen molar-refractivity contribution in [2.24, 2.45) is 0 Å². The Morgan fingerprint density at radius 3 is 2.31 bits per heavy atom. The third-order valence-corrected chi connectivity index (χ3v) is 7.83. The van der Waals surface area contributed by atoms with E-state index in [1.807, 2.05) is 12.1 Å². The summed E-state index contributed by atoms with van der Waals surface area (Å²) in [4.78, 5) is 12.8. The second-order valence-electron chi connectivity index (χ2n) is 10.1. The Labute approximate surface area is 207 Å². The van der Waals surface area contributed by atoms with E-state index in [1.54, 1.807) is 36.4 Å². The number of carbonyl (C=O) groups is 1. The first kappa shape index (κ1) is 25.1. The molecule has 0 fully saturated rings. The second-order valence-corrected chi connectivity index (χ2v) is 11.8. The van der Waals surface area contributed by atoms with Crippen molar-refractivity contribution in [3.63, 3.8) is 0 Å². The maximum Gasteiger partial charge on any atom is 0.242 e. The van der Waals surface area contributed by atoms with Crippen LogP contribution in [0.5, 0.6) is 0 Å². The number of benzene rings is 2. The molecule has 2 N–H and O–H groups in total. The van der Waals surface area contributed by atoms with Gasteiger partial charge in [0.1, 0.15) is 5.82 Å². The molecule has 1 amide bonds. The van der Waals surface area contributed by atoms with E-state index in [2.05, 4.69) is 45.6 Å². The molecule has 2 aromatic carbocycles. The van der Waals surface area contributed by atoms with Crippen LogP contribution in [0.3, 0.4) is 0 Å².